The van der Waals surface area contributed by atoms with E-state index in [1.807, 2.05) is 4.90 Å². The van der Waals surface area contributed by atoms with Crippen molar-refractivity contribution in [3.05, 3.63) is 11.7 Å². The highest BCUT2D eigenvalue weighted by molar-refractivity contribution is 5.78. The monoisotopic (exact) mass is 291 g/mol. The molecule has 2 heterocycles. The summed E-state index contributed by atoms with van der Waals surface area (Å²) >= 11 is 0. The van der Waals surface area contributed by atoms with E-state index >= 15 is 0 Å². The molecule has 1 saturated heterocycles. The highest BCUT2D eigenvalue weighted by Crippen LogP contribution is 2.40. The number of hydrogen-bond acceptors (Lipinski definition) is 5. The highest BCUT2D eigenvalue weighted by Gasteiger charge is 2.36. The summed E-state index contributed by atoms with van der Waals surface area (Å²) < 4.78 is 10.8. The molecule has 2 saturated carbocycles. The van der Waals surface area contributed by atoms with Crippen LogP contribution in [0.1, 0.15) is 62.2 Å². The SMILES string of the molecule is O=C(COCC1CC1)N1CCC[C@@H]1c1noc(C2CC2)n1. The van der Waals surface area contributed by atoms with Gasteiger partial charge >= 0.3 is 0 Å². The second kappa shape index (κ2) is 5.40. The molecule has 1 aromatic heterocycles. The lowest BCUT2D eigenvalue weighted by molar-refractivity contribution is -0.137. The smallest absolute Gasteiger partial charge is 0.249 e. The number of nitrogens with zero attached hydrogens (tertiary/aromatic N) is 3. The number of carbonyl (C=O) groups excluding carboxylic acids is 1. The van der Waals surface area contributed by atoms with Gasteiger partial charge in [-0.3, -0.25) is 4.79 Å². The third-order valence-electron chi connectivity index (χ3n) is 4.53. The van der Waals surface area contributed by atoms with Gasteiger partial charge in [-0.1, -0.05) is 5.16 Å². The van der Waals surface area contributed by atoms with Crippen molar-refractivity contribution in [3.63, 3.8) is 0 Å². The van der Waals surface area contributed by atoms with Crippen LogP contribution in [0.4, 0.5) is 0 Å². The van der Waals surface area contributed by atoms with Crippen LogP contribution in [0.25, 0.3) is 0 Å². The van der Waals surface area contributed by atoms with E-state index in [4.69, 9.17) is 9.26 Å². The molecule has 1 atom stereocenters. The Morgan fingerprint density at radius 3 is 2.90 bits per heavy atom. The molecule has 0 bridgehead atoms. The van der Waals surface area contributed by atoms with Crippen LogP contribution in [-0.2, 0) is 9.53 Å². The Morgan fingerprint density at radius 2 is 2.14 bits per heavy atom. The summed E-state index contributed by atoms with van der Waals surface area (Å²) in [6.45, 7) is 1.67. The van der Waals surface area contributed by atoms with Gasteiger partial charge in [0.25, 0.3) is 0 Å². The molecular weight excluding hydrogens is 270 g/mol. The summed E-state index contributed by atoms with van der Waals surface area (Å²) in [6.07, 6.45) is 6.68. The van der Waals surface area contributed by atoms with Crippen molar-refractivity contribution < 1.29 is 14.1 Å². The Bertz CT molecular complexity index is 522. The number of hydrogen-bond donors (Lipinski definition) is 0. The van der Waals surface area contributed by atoms with Crippen molar-refractivity contribution in [3.8, 4) is 0 Å². The largest absolute Gasteiger partial charge is 0.371 e. The van der Waals surface area contributed by atoms with Crippen LogP contribution in [-0.4, -0.2) is 40.7 Å². The molecule has 0 radical (unpaired) electrons. The van der Waals surface area contributed by atoms with E-state index in [1.54, 1.807) is 0 Å². The molecule has 0 N–H and O–H groups in total. The van der Waals surface area contributed by atoms with Gasteiger partial charge in [-0.2, -0.15) is 4.98 Å². The zero-order chi connectivity index (χ0) is 14.2. The lowest BCUT2D eigenvalue weighted by atomic mass is 10.2. The van der Waals surface area contributed by atoms with Crippen LogP contribution < -0.4 is 0 Å². The number of carbonyl (C=O) groups is 1. The Labute approximate surface area is 123 Å². The van der Waals surface area contributed by atoms with E-state index in [9.17, 15) is 4.79 Å². The number of ether oxygens (including phenoxy) is 1. The van der Waals surface area contributed by atoms with E-state index in [2.05, 4.69) is 10.1 Å². The minimum atomic E-state index is -0.0294. The molecule has 1 aromatic rings. The van der Waals surface area contributed by atoms with Crippen LogP contribution in [0.5, 0.6) is 0 Å². The summed E-state index contributed by atoms with van der Waals surface area (Å²) in [6, 6.07) is -0.0294. The van der Waals surface area contributed by atoms with Crippen LogP contribution in [0.3, 0.4) is 0 Å². The predicted molar refractivity (Wildman–Crippen MR) is 73.5 cm³/mol. The van der Waals surface area contributed by atoms with Gasteiger partial charge in [-0.05, 0) is 44.4 Å². The fourth-order valence-electron chi connectivity index (χ4n) is 2.89. The molecule has 0 spiro atoms. The van der Waals surface area contributed by atoms with Crippen molar-refractivity contribution >= 4 is 5.91 Å². The third kappa shape index (κ3) is 2.95. The molecule has 4 rings (SSSR count). The van der Waals surface area contributed by atoms with E-state index in [-0.39, 0.29) is 18.6 Å². The Morgan fingerprint density at radius 1 is 1.29 bits per heavy atom. The van der Waals surface area contributed by atoms with Crippen LogP contribution in [0.2, 0.25) is 0 Å². The average Bonchev–Trinajstić information content (AvgIpc) is 3.40. The molecular formula is C15H21N3O3. The Balaban J connectivity index is 1.37. The van der Waals surface area contributed by atoms with Crippen LogP contribution in [0, 0.1) is 5.92 Å². The van der Waals surface area contributed by atoms with Crippen LogP contribution >= 0.6 is 0 Å². The topological polar surface area (TPSA) is 68.5 Å². The van der Waals surface area contributed by atoms with Gasteiger partial charge in [0, 0.05) is 12.5 Å². The maximum absolute atomic E-state index is 12.3. The van der Waals surface area contributed by atoms with E-state index in [1.165, 1.54) is 12.8 Å². The minimum Gasteiger partial charge on any atom is -0.371 e. The van der Waals surface area contributed by atoms with Crippen LogP contribution in [0.15, 0.2) is 4.52 Å². The molecule has 3 fully saturated rings. The molecule has 6 heteroatoms. The van der Waals surface area contributed by atoms with Gasteiger partial charge in [0.15, 0.2) is 5.82 Å². The second-order valence-electron chi connectivity index (χ2n) is 6.47. The third-order valence-corrected chi connectivity index (χ3v) is 4.53. The first-order valence-electron chi connectivity index (χ1n) is 8.02. The summed E-state index contributed by atoms with van der Waals surface area (Å²) in [5.41, 5.74) is 0. The molecule has 6 nitrogen and oxygen atoms in total. The lowest BCUT2D eigenvalue weighted by Crippen LogP contribution is -2.34. The average molecular weight is 291 g/mol. The number of rotatable bonds is 6. The lowest BCUT2D eigenvalue weighted by Gasteiger charge is -2.22. The van der Waals surface area contributed by atoms with Gasteiger partial charge in [0.1, 0.15) is 6.61 Å². The number of aromatic nitrogens is 2. The van der Waals surface area contributed by atoms with Crippen molar-refractivity contribution in [2.75, 3.05) is 19.8 Å². The summed E-state index contributed by atoms with van der Waals surface area (Å²) in [7, 11) is 0. The minimum absolute atomic E-state index is 0.0294. The van der Waals surface area contributed by atoms with Crippen molar-refractivity contribution in [2.24, 2.45) is 5.92 Å². The standard InChI is InChI=1S/C15H21N3O3/c19-13(9-20-8-10-3-4-10)18-7-1-2-12(18)14-16-15(21-17-14)11-5-6-11/h10-12H,1-9H2/t12-/m1/s1. The first-order chi connectivity index (χ1) is 10.3. The maximum atomic E-state index is 12.3. The molecule has 114 valence electrons. The maximum Gasteiger partial charge on any atom is 0.249 e. The summed E-state index contributed by atoms with van der Waals surface area (Å²) in [4.78, 5) is 18.6. The van der Waals surface area contributed by atoms with E-state index in [0.717, 1.165) is 44.7 Å². The normalized spacial score (nSPS) is 25.5. The van der Waals surface area contributed by atoms with Gasteiger partial charge in [-0.25, -0.2) is 0 Å². The molecule has 21 heavy (non-hydrogen) atoms. The summed E-state index contributed by atoms with van der Waals surface area (Å²) in [5.74, 6) is 2.61. The molecule has 0 unspecified atom stereocenters. The summed E-state index contributed by atoms with van der Waals surface area (Å²) in [5, 5.41) is 4.09. The van der Waals surface area contributed by atoms with Crippen molar-refractivity contribution in [1.29, 1.82) is 0 Å². The Kier molecular flexibility index (Phi) is 3.41. The number of likely N-dealkylation sites (tertiary alicyclic amines) is 1. The van der Waals surface area contributed by atoms with E-state index < -0.39 is 0 Å². The van der Waals surface area contributed by atoms with Gasteiger partial charge < -0.3 is 14.2 Å². The first-order valence-corrected chi connectivity index (χ1v) is 8.02. The second-order valence-corrected chi connectivity index (χ2v) is 6.47. The van der Waals surface area contributed by atoms with Gasteiger partial charge in [0.05, 0.1) is 12.6 Å². The fourth-order valence-corrected chi connectivity index (χ4v) is 2.89. The van der Waals surface area contributed by atoms with Crippen molar-refractivity contribution in [2.45, 2.75) is 50.5 Å². The quantitative estimate of drug-likeness (QED) is 0.802. The van der Waals surface area contributed by atoms with E-state index in [0.29, 0.717) is 17.7 Å². The molecule has 2 aliphatic carbocycles. The number of amides is 1. The van der Waals surface area contributed by atoms with Gasteiger partial charge in [0.2, 0.25) is 11.8 Å². The van der Waals surface area contributed by atoms with Gasteiger partial charge in [-0.15, -0.1) is 0 Å². The highest BCUT2D eigenvalue weighted by atomic mass is 16.5. The molecule has 1 aliphatic heterocycles. The first kappa shape index (κ1) is 13.2. The zero-order valence-corrected chi connectivity index (χ0v) is 12.2. The fraction of sp³-hybridized carbons (Fsp3) is 0.800. The molecule has 3 aliphatic rings. The zero-order valence-electron chi connectivity index (χ0n) is 12.2. The Hall–Kier alpha value is -1.43. The predicted octanol–water partition coefficient (Wildman–Crippen LogP) is 2.04. The molecule has 0 aromatic carbocycles. The van der Waals surface area contributed by atoms with Crippen molar-refractivity contribution in [1.82, 2.24) is 15.0 Å². The molecule has 1 amide bonds.